The van der Waals surface area contributed by atoms with E-state index in [1.165, 1.54) is 20.0 Å². The molecule has 2 atom stereocenters. The number of piperidine rings is 1. The topological polar surface area (TPSA) is 53.9 Å². The summed E-state index contributed by atoms with van der Waals surface area (Å²) in [5.74, 6) is 1.24. The number of esters is 1. The van der Waals surface area contributed by atoms with Crippen molar-refractivity contribution in [3.8, 4) is 0 Å². The lowest BCUT2D eigenvalue weighted by Gasteiger charge is -2.33. The van der Waals surface area contributed by atoms with Gasteiger partial charge in [-0.15, -0.1) is 0 Å². The van der Waals surface area contributed by atoms with Crippen molar-refractivity contribution in [3.05, 3.63) is 0 Å². The molecule has 5 nitrogen and oxygen atoms in total. The molecule has 0 bridgehead atoms. The summed E-state index contributed by atoms with van der Waals surface area (Å²) in [5, 5.41) is 3.25. The molecular weight excluding hydrogens is 230 g/mol. The number of nitrogens with zero attached hydrogens (tertiary/aromatic N) is 2. The van der Waals surface area contributed by atoms with Gasteiger partial charge in [0, 0.05) is 26.7 Å². The highest BCUT2D eigenvalue weighted by Crippen LogP contribution is 2.15. The first-order chi connectivity index (χ1) is 8.58. The van der Waals surface area contributed by atoms with Gasteiger partial charge in [0.25, 0.3) is 0 Å². The van der Waals surface area contributed by atoms with E-state index in [0.717, 1.165) is 19.0 Å². The molecule has 1 heterocycles. The first-order valence-corrected chi connectivity index (χ1v) is 6.62. The Morgan fingerprint density at radius 2 is 2.33 bits per heavy atom. The number of carbonyl (C=O) groups excluding carboxylic acids is 1. The molecule has 1 aliphatic heterocycles. The van der Waals surface area contributed by atoms with Crippen molar-refractivity contribution in [2.75, 3.05) is 33.8 Å². The van der Waals surface area contributed by atoms with Crippen LogP contribution in [0.2, 0.25) is 0 Å². The molecule has 2 unspecified atom stereocenters. The molecule has 0 spiro atoms. The largest absolute Gasteiger partial charge is 0.469 e. The maximum absolute atomic E-state index is 11.3. The number of likely N-dealkylation sites (tertiary alicyclic amines) is 1. The van der Waals surface area contributed by atoms with Crippen molar-refractivity contribution >= 4 is 11.9 Å². The van der Waals surface area contributed by atoms with Crippen LogP contribution >= 0.6 is 0 Å². The predicted molar refractivity (Wildman–Crippen MR) is 72.5 cm³/mol. The fourth-order valence-corrected chi connectivity index (χ4v) is 2.24. The Balaban J connectivity index is 2.45. The van der Waals surface area contributed by atoms with Gasteiger partial charge in [-0.2, -0.15) is 0 Å². The zero-order valence-electron chi connectivity index (χ0n) is 11.9. The highest BCUT2D eigenvalue weighted by atomic mass is 16.5. The number of nitrogens with one attached hydrogen (secondary N) is 1. The molecule has 1 rings (SSSR count). The molecule has 0 amide bonds. The normalized spacial score (nSPS) is 22.6. The fraction of sp³-hybridized carbons (Fsp3) is 0.846. The lowest BCUT2D eigenvalue weighted by atomic mass is 10.0. The molecule has 1 saturated heterocycles. The first-order valence-electron chi connectivity index (χ1n) is 6.62. The van der Waals surface area contributed by atoms with Crippen molar-refractivity contribution in [2.45, 2.75) is 26.7 Å². The number of carbonyl (C=O) groups is 1. The van der Waals surface area contributed by atoms with Crippen LogP contribution in [0.1, 0.15) is 26.7 Å². The maximum Gasteiger partial charge on any atom is 0.310 e. The van der Waals surface area contributed by atoms with Gasteiger partial charge in [-0.3, -0.25) is 9.79 Å². The minimum Gasteiger partial charge on any atom is -0.469 e. The fourth-order valence-electron chi connectivity index (χ4n) is 2.24. The van der Waals surface area contributed by atoms with Crippen molar-refractivity contribution in [2.24, 2.45) is 16.8 Å². The van der Waals surface area contributed by atoms with E-state index in [9.17, 15) is 4.79 Å². The van der Waals surface area contributed by atoms with Gasteiger partial charge >= 0.3 is 5.97 Å². The molecule has 1 aliphatic rings. The Morgan fingerprint density at radius 3 is 2.89 bits per heavy atom. The van der Waals surface area contributed by atoms with Gasteiger partial charge in [0.1, 0.15) is 0 Å². The third-order valence-corrected chi connectivity index (χ3v) is 3.34. The molecule has 104 valence electrons. The van der Waals surface area contributed by atoms with E-state index < -0.39 is 0 Å². The van der Waals surface area contributed by atoms with Crippen LogP contribution in [-0.2, 0) is 9.53 Å². The molecule has 0 aromatic rings. The average molecular weight is 255 g/mol. The van der Waals surface area contributed by atoms with Crippen molar-refractivity contribution in [1.82, 2.24) is 10.2 Å². The number of hydrogen-bond donors (Lipinski definition) is 1. The Labute approximate surface area is 110 Å². The summed E-state index contributed by atoms with van der Waals surface area (Å²) < 4.78 is 4.71. The van der Waals surface area contributed by atoms with Gasteiger partial charge in [-0.05, 0) is 18.8 Å². The van der Waals surface area contributed by atoms with E-state index in [2.05, 4.69) is 22.1 Å². The summed E-state index contributed by atoms with van der Waals surface area (Å²) in [4.78, 5) is 17.9. The molecule has 1 N–H and O–H groups in total. The van der Waals surface area contributed by atoms with E-state index in [-0.39, 0.29) is 11.9 Å². The van der Waals surface area contributed by atoms with Crippen LogP contribution in [0.4, 0.5) is 0 Å². The minimum atomic E-state index is -0.190. The van der Waals surface area contributed by atoms with Gasteiger partial charge in [0.2, 0.25) is 0 Å². The zero-order valence-corrected chi connectivity index (χ0v) is 11.9. The van der Waals surface area contributed by atoms with Crippen LogP contribution in [0.15, 0.2) is 4.99 Å². The molecular formula is C13H25N3O2. The SMILES string of the molecule is CN=C(NCC(C)C(=O)OC)N1CCCC(C)C1. The number of guanidine groups is 1. The van der Waals surface area contributed by atoms with E-state index in [1.54, 1.807) is 7.05 Å². The van der Waals surface area contributed by atoms with Crippen LogP contribution in [0.25, 0.3) is 0 Å². The summed E-state index contributed by atoms with van der Waals surface area (Å²) in [6.45, 7) is 6.74. The number of hydrogen-bond acceptors (Lipinski definition) is 3. The quantitative estimate of drug-likeness (QED) is 0.466. The number of aliphatic imine (C=N–C) groups is 1. The van der Waals surface area contributed by atoms with E-state index in [4.69, 9.17) is 4.74 Å². The highest BCUT2D eigenvalue weighted by molar-refractivity contribution is 5.81. The second-order valence-electron chi connectivity index (χ2n) is 5.05. The van der Waals surface area contributed by atoms with E-state index >= 15 is 0 Å². The van der Waals surface area contributed by atoms with Crippen LogP contribution in [0, 0.1) is 11.8 Å². The molecule has 1 fully saturated rings. The molecule has 0 radical (unpaired) electrons. The second kappa shape index (κ2) is 7.24. The van der Waals surface area contributed by atoms with E-state index in [0.29, 0.717) is 12.5 Å². The summed E-state index contributed by atoms with van der Waals surface area (Å²) in [7, 11) is 3.20. The molecule has 0 aromatic heterocycles. The standard InChI is InChI=1S/C13H25N3O2/c1-10-6-5-7-16(9-10)13(14-3)15-8-11(2)12(17)18-4/h10-11H,5-9H2,1-4H3,(H,14,15). The van der Waals surface area contributed by atoms with Gasteiger partial charge in [0.15, 0.2) is 5.96 Å². The van der Waals surface area contributed by atoms with Crippen LogP contribution in [-0.4, -0.2) is 50.6 Å². The first kappa shape index (κ1) is 14.8. The van der Waals surface area contributed by atoms with Crippen LogP contribution in [0.5, 0.6) is 0 Å². The van der Waals surface area contributed by atoms with Crippen molar-refractivity contribution < 1.29 is 9.53 Å². The average Bonchev–Trinajstić information content (AvgIpc) is 2.38. The Kier molecular flexibility index (Phi) is 5.95. The smallest absolute Gasteiger partial charge is 0.310 e. The summed E-state index contributed by atoms with van der Waals surface area (Å²) in [5.41, 5.74) is 0. The van der Waals surface area contributed by atoms with Crippen molar-refractivity contribution in [1.29, 1.82) is 0 Å². The molecule has 18 heavy (non-hydrogen) atoms. The Hall–Kier alpha value is -1.26. The van der Waals surface area contributed by atoms with Gasteiger partial charge in [-0.25, -0.2) is 0 Å². The third-order valence-electron chi connectivity index (χ3n) is 3.34. The van der Waals surface area contributed by atoms with Crippen molar-refractivity contribution in [3.63, 3.8) is 0 Å². The van der Waals surface area contributed by atoms with E-state index in [1.807, 2.05) is 6.92 Å². The summed E-state index contributed by atoms with van der Waals surface area (Å²) >= 11 is 0. The van der Waals surface area contributed by atoms with Crippen LogP contribution in [0.3, 0.4) is 0 Å². The maximum atomic E-state index is 11.3. The van der Waals surface area contributed by atoms with Crippen LogP contribution < -0.4 is 5.32 Å². The number of methoxy groups -OCH3 is 1. The highest BCUT2D eigenvalue weighted by Gasteiger charge is 2.20. The zero-order chi connectivity index (χ0) is 13.5. The summed E-state index contributed by atoms with van der Waals surface area (Å²) in [6, 6.07) is 0. The number of rotatable bonds is 3. The Bertz CT molecular complexity index is 305. The van der Waals surface area contributed by atoms with Gasteiger partial charge in [-0.1, -0.05) is 13.8 Å². The van der Waals surface area contributed by atoms with Gasteiger partial charge in [0.05, 0.1) is 13.0 Å². The predicted octanol–water partition coefficient (Wildman–Crippen LogP) is 1.10. The lowest BCUT2D eigenvalue weighted by Crippen LogP contribution is -2.47. The second-order valence-corrected chi connectivity index (χ2v) is 5.05. The molecule has 0 aromatic carbocycles. The summed E-state index contributed by atoms with van der Waals surface area (Å²) in [6.07, 6.45) is 2.49. The third kappa shape index (κ3) is 4.20. The van der Waals surface area contributed by atoms with Gasteiger partial charge < -0.3 is 15.0 Å². The number of ether oxygens (including phenoxy) is 1. The molecule has 0 aliphatic carbocycles. The minimum absolute atomic E-state index is 0.158. The molecule has 5 heteroatoms. The Morgan fingerprint density at radius 1 is 1.61 bits per heavy atom. The monoisotopic (exact) mass is 255 g/mol. The molecule has 0 saturated carbocycles. The lowest BCUT2D eigenvalue weighted by molar-refractivity contribution is -0.144.